The van der Waals surface area contributed by atoms with E-state index in [1.54, 1.807) is 0 Å². The van der Waals surface area contributed by atoms with Crippen molar-refractivity contribution in [3.8, 4) is 6.07 Å². The van der Waals surface area contributed by atoms with Crippen molar-refractivity contribution in [1.82, 2.24) is 4.98 Å². The Bertz CT molecular complexity index is 488. The molecule has 0 fully saturated rings. The first-order valence-electron chi connectivity index (χ1n) is 4.76. The third-order valence-electron chi connectivity index (χ3n) is 2.51. The van der Waals surface area contributed by atoms with Crippen molar-refractivity contribution in [3.63, 3.8) is 0 Å². The second-order valence-corrected chi connectivity index (χ2v) is 3.43. The molecule has 2 rings (SSSR count). The third kappa shape index (κ3) is 1.38. The normalized spacial score (nSPS) is 10.3. The second kappa shape index (κ2) is 3.55. The average Bonchev–Trinajstić information content (AvgIpc) is 2.51. The quantitative estimate of drug-likeness (QED) is 0.765. The van der Waals surface area contributed by atoms with Gasteiger partial charge in [-0.1, -0.05) is 18.2 Å². The Kier molecular flexibility index (Phi) is 2.24. The van der Waals surface area contributed by atoms with Gasteiger partial charge in [0.1, 0.15) is 0 Å². The van der Waals surface area contributed by atoms with Crippen LogP contribution in [0.25, 0.3) is 10.9 Å². The predicted molar refractivity (Wildman–Crippen MR) is 57.0 cm³/mol. The molecule has 1 aromatic heterocycles. The molecule has 1 heterocycles. The summed E-state index contributed by atoms with van der Waals surface area (Å²) in [5.74, 6) is 0. The van der Waals surface area contributed by atoms with Crippen molar-refractivity contribution in [1.29, 1.82) is 5.26 Å². The molecule has 0 spiro atoms. The van der Waals surface area contributed by atoms with Gasteiger partial charge >= 0.3 is 0 Å². The third-order valence-corrected chi connectivity index (χ3v) is 2.51. The van der Waals surface area contributed by atoms with Gasteiger partial charge in [0, 0.05) is 23.0 Å². The number of hydrogen-bond acceptors (Lipinski definition) is 1. The van der Waals surface area contributed by atoms with Gasteiger partial charge < -0.3 is 4.98 Å². The number of nitrogens with zero attached hydrogens (tertiary/aromatic N) is 1. The van der Waals surface area contributed by atoms with Crippen LogP contribution < -0.4 is 0 Å². The van der Waals surface area contributed by atoms with Crippen LogP contribution in [0.5, 0.6) is 0 Å². The lowest BCUT2D eigenvalue weighted by atomic mass is 10.1. The molecule has 0 aliphatic rings. The van der Waals surface area contributed by atoms with Gasteiger partial charge in [-0.3, -0.25) is 0 Å². The fourth-order valence-corrected chi connectivity index (χ4v) is 1.84. The minimum atomic E-state index is 0.586. The summed E-state index contributed by atoms with van der Waals surface area (Å²) in [6.07, 6.45) is 1.43. The zero-order valence-corrected chi connectivity index (χ0v) is 8.17. The molecular weight excluding hydrogens is 172 g/mol. The van der Waals surface area contributed by atoms with E-state index in [1.807, 2.05) is 12.1 Å². The summed E-state index contributed by atoms with van der Waals surface area (Å²) in [5, 5.41) is 9.82. The first kappa shape index (κ1) is 8.83. The summed E-state index contributed by atoms with van der Waals surface area (Å²) in [4.78, 5) is 3.33. The zero-order valence-electron chi connectivity index (χ0n) is 8.17. The largest absolute Gasteiger partial charge is 0.358 e. The number of aryl methyl sites for hydroxylation is 2. The summed E-state index contributed by atoms with van der Waals surface area (Å²) >= 11 is 0. The lowest BCUT2D eigenvalue weighted by Gasteiger charge is -1.95. The topological polar surface area (TPSA) is 39.6 Å². The van der Waals surface area contributed by atoms with Crippen molar-refractivity contribution in [2.75, 3.05) is 0 Å². The minimum Gasteiger partial charge on any atom is -0.358 e. The Balaban J connectivity index is 2.52. The van der Waals surface area contributed by atoms with Crippen LogP contribution >= 0.6 is 0 Å². The molecule has 70 valence electrons. The van der Waals surface area contributed by atoms with E-state index >= 15 is 0 Å². The van der Waals surface area contributed by atoms with Crippen LogP contribution in [0.3, 0.4) is 0 Å². The van der Waals surface area contributed by atoms with Crippen LogP contribution in [0, 0.1) is 18.3 Å². The Hall–Kier alpha value is -1.75. The highest BCUT2D eigenvalue weighted by Gasteiger charge is 2.06. The summed E-state index contributed by atoms with van der Waals surface area (Å²) in [7, 11) is 0. The fraction of sp³-hybridized carbons (Fsp3) is 0.250. The number of hydrogen-bond donors (Lipinski definition) is 1. The number of nitrogens with one attached hydrogen (secondary N) is 1. The highest BCUT2D eigenvalue weighted by molar-refractivity contribution is 5.84. The molecule has 2 nitrogen and oxygen atoms in total. The van der Waals surface area contributed by atoms with E-state index in [2.05, 4.69) is 30.1 Å². The molecular formula is C12H12N2. The summed E-state index contributed by atoms with van der Waals surface area (Å²) in [5.41, 5.74) is 3.63. The van der Waals surface area contributed by atoms with Gasteiger partial charge in [0.25, 0.3) is 0 Å². The van der Waals surface area contributed by atoms with E-state index in [4.69, 9.17) is 5.26 Å². The monoisotopic (exact) mass is 184 g/mol. The average molecular weight is 184 g/mol. The van der Waals surface area contributed by atoms with Gasteiger partial charge in [-0.15, -0.1) is 0 Å². The molecule has 2 aromatic rings. The van der Waals surface area contributed by atoms with Gasteiger partial charge in [-0.2, -0.15) is 5.26 Å². The second-order valence-electron chi connectivity index (χ2n) is 3.43. The Labute approximate surface area is 83.2 Å². The maximum absolute atomic E-state index is 8.57. The van der Waals surface area contributed by atoms with Crippen LogP contribution in [0.2, 0.25) is 0 Å². The van der Waals surface area contributed by atoms with Crippen LogP contribution in [0.15, 0.2) is 24.3 Å². The number of rotatable bonds is 2. The maximum Gasteiger partial charge on any atom is 0.0625 e. The molecule has 2 heteroatoms. The van der Waals surface area contributed by atoms with E-state index < -0.39 is 0 Å². The first-order valence-corrected chi connectivity index (χ1v) is 4.76. The Morgan fingerprint density at radius 3 is 2.93 bits per heavy atom. The zero-order chi connectivity index (χ0) is 9.97. The summed E-state index contributed by atoms with van der Waals surface area (Å²) in [6, 6.07) is 10.4. The van der Waals surface area contributed by atoms with Crippen LogP contribution in [0.1, 0.15) is 17.7 Å². The molecule has 0 unspecified atom stereocenters. The van der Waals surface area contributed by atoms with Crippen molar-refractivity contribution in [2.24, 2.45) is 0 Å². The molecule has 0 saturated carbocycles. The Morgan fingerprint density at radius 1 is 1.36 bits per heavy atom. The van der Waals surface area contributed by atoms with Gasteiger partial charge in [0.2, 0.25) is 0 Å². The first-order chi connectivity index (χ1) is 6.83. The number of aromatic amines is 1. The molecule has 0 bridgehead atoms. The van der Waals surface area contributed by atoms with Crippen LogP contribution in [0.4, 0.5) is 0 Å². The van der Waals surface area contributed by atoms with E-state index in [-0.39, 0.29) is 0 Å². The molecule has 14 heavy (non-hydrogen) atoms. The van der Waals surface area contributed by atoms with Crippen molar-refractivity contribution < 1.29 is 0 Å². The smallest absolute Gasteiger partial charge is 0.0625 e. The van der Waals surface area contributed by atoms with Gasteiger partial charge in [-0.25, -0.2) is 0 Å². The molecule has 0 aliphatic carbocycles. The molecule has 1 aromatic carbocycles. The van der Waals surface area contributed by atoms with Crippen molar-refractivity contribution in [2.45, 2.75) is 19.8 Å². The predicted octanol–water partition coefficient (Wildman–Crippen LogP) is 2.93. The van der Waals surface area contributed by atoms with Gasteiger partial charge in [0.05, 0.1) is 6.07 Å². The highest BCUT2D eigenvalue weighted by atomic mass is 14.7. The minimum absolute atomic E-state index is 0.586. The molecule has 0 amide bonds. The lowest BCUT2D eigenvalue weighted by Crippen LogP contribution is -1.84. The van der Waals surface area contributed by atoms with E-state index in [1.165, 1.54) is 16.6 Å². The van der Waals surface area contributed by atoms with E-state index in [0.717, 1.165) is 11.9 Å². The van der Waals surface area contributed by atoms with Gasteiger partial charge in [-0.05, 0) is 25.0 Å². The maximum atomic E-state index is 8.57. The van der Waals surface area contributed by atoms with E-state index in [9.17, 15) is 0 Å². The highest BCUT2D eigenvalue weighted by Crippen LogP contribution is 2.22. The standard InChI is InChI=1S/C12H12N2/c1-9-10(6-4-8-13)11-5-2-3-7-12(11)14-9/h2-3,5,7,14H,4,6H2,1H3. The molecule has 0 atom stereocenters. The molecule has 0 radical (unpaired) electrons. The number of aromatic nitrogens is 1. The summed E-state index contributed by atoms with van der Waals surface area (Å²) < 4.78 is 0. The number of fused-ring (bicyclic) bond motifs is 1. The van der Waals surface area contributed by atoms with Crippen molar-refractivity contribution >= 4 is 10.9 Å². The number of nitriles is 1. The molecule has 1 N–H and O–H groups in total. The number of benzene rings is 1. The Morgan fingerprint density at radius 2 is 2.14 bits per heavy atom. The summed E-state index contributed by atoms with van der Waals surface area (Å²) in [6.45, 7) is 2.06. The van der Waals surface area contributed by atoms with Crippen LogP contribution in [-0.4, -0.2) is 4.98 Å². The number of H-pyrrole nitrogens is 1. The number of para-hydroxylation sites is 1. The molecule has 0 saturated heterocycles. The molecule has 0 aliphatic heterocycles. The van der Waals surface area contributed by atoms with Crippen molar-refractivity contribution in [3.05, 3.63) is 35.5 Å². The van der Waals surface area contributed by atoms with Crippen LogP contribution in [-0.2, 0) is 6.42 Å². The SMILES string of the molecule is Cc1[nH]c2ccccc2c1CCC#N. The van der Waals surface area contributed by atoms with Gasteiger partial charge in [0.15, 0.2) is 0 Å². The van der Waals surface area contributed by atoms with E-state index in [0.29, 0.717) is 6.42 Å². The fourth-order valence-electron chi connectivity index (χ4n) is 1.84. The lowest BCUT2D eigenvalue weighted by molar-refractivity contribution is 1.00.